The first-order valence-corrected chi connectivity index (χ1v) is 8.45. The summed E-state index contributed by atoms with van der Waals surface area (Å²) >= 11 is 0. The van der Waals surface area contributed by atoms with E-state index in [0.717, 1.165) is 0 Å². The van der Waals surface area contributed by atoms with E-state index in [1.165, 1.54) is 6.20 Å². The van der Waals surface area contributed by atoms with Gasteiger partial charge in [0.25, 0.3) is 5.91 Å². The third-order valence-electron chi connectivity index (χ3n) is 3.58. The lowest BCUT2D eigenvalue weighted by Gasteiger charge is -2.12. The largest absolute Gasteiger partial charge is 0.455 e. The van der Waals surface area contributed by atoms with E-state index in [1.807, 2.05) is 42.5 Å². The average Bonchev–Trinajstić information content (AvgIpc) is 2.71. The molecule has 27 heavy (non-hydrogen) atoms. The number of amides is 1. The molecule has 2 N–H and O–H groups in total. The lowest BCUT2D eigenvalue weighted by Crippen LogP contribution is -2.16. The van der Waals surface area contributed by atoms with E-state index in [1.54, 1.807) is 25.3 Å². The van der Waals surface area contributed by atoms with Crippen molar-refractivity contribution in [2.24, 2.45) is 0 Å². The van der Waals surface area contributed by atoms with Crippen molar-refractivity contribution in [3.05, 3.63) is 72.6 Å². The molecule has 0 saturated heterocycles. The first-order chi connectivity index (χ1) is 13.3. The van der Waals surface area contributed by atoms with Gasteiger partial charge in [-0.3, -0.25) is 4.79 Å². The molecule has 3 aromatic rings. The molecular weight excluding hydrogens is 344 g/mol. The molecule has 0 aliphatic carbocycles. The SMILES string of the molecule is COCCNc1nccc(C(=O)Nc2ccccc2Oc2ccccc2)n1. The van der Waals surface area contributed by atoms with Gasteiger partial charge in [0, 0.05) is 19.9 Å². The maximum absolute atomic E-state index is 12.6. The molecule has 0 unspecified atom stereocenters. The van der Waals surface area contributed by atoms with Gasteiger partial charge in [0.2, 0.25) is 5.95 Å². The monoisotopic (exact) mass is 364 g/mol. The van der Waals surface area contributed by atoms with Crippen LogP contribution in [0.4, 0.5) is 11.6 Å². The number of aromatic nitrogens is 2. The second-order valence-electron chi connectivity index (χ2n) is 5.55. The molecule has 3 rings (SSSR count). The predicted octanol–water partition coefficient (Wildman–Crippen LogP) is 3.58. The second kappa shape index (κ2) is 9.30. The molecule has 0 bridgehead atoms. The van der Waals surface area contributed by atoms with Crippen molar-refractivity contribution in [2.75, 3.05) is 30.9 Å². The molecule has 1 aromatic heterocycles. The van der Waals surface area contributed by atoms with E-state index in [2.05, 4.69) is 20.6 Å². The number of anilines is 2. The van der Waals surface area contributed by atoms with Crippen molar-refractivity contribution in [1.82, 2.24) is 9.97 Å². The highest BCUT2D eigenvalue weighted by Gasteiger charge is 2.12. The number of carbonyl (C=O) groups excluding carboxylic acids is 1. The van der Waals surface area contributed by atoms with Crippen molar-refractivity contribution in [2.45, 2.75) is 0 Å². The molecule has 0 aliphatic rings. The van der Waals surface area contributed by atoms with Gasteiger partial charge < -0.3 is 20.1 Å². The summed E-state index contributed by atoms with van der Waals surface area (Å²) < 4.78 is 10.8. The van der Waals surface area contributed by atoms with Crippen LogP contribution in [0.5, 0.6) is 11.5 Å². The second-order valence-corrected chi connectivity index (χ2v) is 5.55. The average molecular weight is 364 g/mol. The Hall–Kier alpha value is -3.45. The van der Waals surface area contributed by atoms with E-state index in [4.69, 9.17) is 9.47 Å². The minimum Gasteiger partial charge on any atom is -0.455 e. The Kier molecular flexibility index (Phi) is 6.32. The minimum absolute atomic E-state index is 0.249. The molecule has 0 saturated carbocycles. The normalized spacial score (nSPS) is 10.3. The van der Waals surface area contributed by atoms with Gasteiger partial charge in [0.1, 0.15) is 11.4 Å². The number of benzene rings is 2. The van der Waals surface area contributed by atoms with Crippen molar-refractivity contribution >= 4 is 17.5 Å². The maximum Gasteiger partial charge on any atom is 0.274 e. The van der Waals surface area contributed by atoms with Crippen LogP contribution in [-0.2, 0) is 4.74 Å². The number of hydrogen-bond donors (Lipinski definition) is 2. The van der Waals surface area contributed by atoms with Gasteiger partial charge in [-0.1, -0.05) is 30.3 Å². The van der Waals surface area contributed by atoms with E-state index in [-0.39, 0.29) is 11.6 Å². The molecule has 138 valence electrons. The van der Waals surface area contributed by atoms with E-state index < -0.39 is 0 Å². The van der Waals surface area contributed by atoms with Gasteiger partial charge in [0.15, 0.2) is 5.75 Å². The topological polar surface area (TPSA) is 85.4 Å². The van der Waals surface area contributed by atoms with Crippen LogP contribution in [0.25, 0.3) is 0 Å². The number of ether oxygens (including phenoxy) is 2. The van der Waals surface area contributed by atoms with Gasteiger partial charge in [-0.2, -0.15) is 0 Å². The summed E-state index contributed by atoms with van der Waals surface area (Å²) in [5.41, 5.74) is 0.804. The van der Waals surface area contributed by atoms with Crippen LogP contribution in [0, 0.1) is 0 Å². The van der Waals surface area contributed by atoms with E-state index in [0.29, 0.717) is 36.3 Å². The smallest absolute Gasteiger partial charge is 0.274 e. The Bertz CT molecular complexity index is 887. The summed E-state index contributed by atoms with van der Waals surface area (Å²) in [6, 6.07) is 18.2. The quantitative estimate of drug-likeness (QED) is 0.594. The van der Waals surface area contributed by atoms with Crippen LogP contribution >= 0.6 is 0 Å². The number of nitrogens with one attached hydrogen (secondary N) is 2. The van der Waals surface area contributed by atoms with Crippen molar-refractivity contribution in [1.29, 1.82) is 0 Å². The highest BCUT2D eigenvalue weighted by molar-refractivity contribution is 6.03. The van der Waals surface area contributed by atoms with Crippen LogP contribution in [-0.4, -0.2) is 36.1 Å². The van der Waals surface area contributed by atoms with Crippen molar-refractivity contribution in [3.63, 3.8) is 0 Å². The number of methoxy groups -OCH3 is 1. The number of carbonyl (C=O) groups is 1. The third kappa shape index (κ3) is 5.26. The molecule has 0 fully saturated rings. The lowest BCUT2D eigenvalue weighted by atomic mass is 10.2. The fourth-order valence-electron chi connectivity index (χ4n) is 2.30. The Morgan fingerprint density at radius 3 is 2.63 bits per heavy atom. The first kappa shape index (κ1) is 18.3. The summed E-state index contributed by atoms with van der Waals surface area (Å²) in [5.74, 6) is 1.25. The predicted molar refractivity (Wildman–Crippen MR) is 103 cm³/mol. The van der Waals surface area contributed by atoms with Crippen LogP contribution in [0.1, 0.15) is 10.5 Å². The summed E-state index contributed by atoms with van der Waals surface area (Å²) in [5, 5.41) is 5.83. The van der Waals surface area contributed by atoms with Gasteiger partial charge in [-0.25, -0.2) is 9.97 Å². The van der Waals surface area contributed by atoms with E-state index in [9.17, 15) is 4.79 Å². The summed E-state index contributed by atoms with van der Waals surface area (Å²) in [4.78, 5) is 20.9. The van der Waals surface area contributed by atoms with Crippen LogP contribution < -0.4 is 15.4 Å². The molecule has 0 aliphatic heterocycles. The van der Waals surface area contributed by atoms with Crippen LogP contribution in [0.15, 0.2) is 66.9 Å². The Balaban J connectivity index is 1.72. The molecule has 7 nitrogen and oxygen atoms in total. The van der Waals surface area contributed by atoms with Crippen LogP contribution in [0.3, 0.4) is 0 Å². The maximum atomic E-state index is 12.6. The summed E-state index contributed by atoms with van der Waals surface area (Å²) in [6.07, 6.45) is 1.53. The summed E-state index contributed by atoms with van der Waals surface area (Å²) in [6.45, 7) is 1.07. The zero-order chi connectivity index (χ0) is 18.9. The molecule has 1 amide bonds. The van der Waals surface area contributed by atoms with E-state index >= 15 is 0 Å². The number of para-hydroxylation sites is 3. The lowest BCUT2D eigenvalue weighted by molar-refractivity contribution is 0.102. The highest BCUT2D eigenvalue weighted by Crippen LogP contribution is 2.29. The van der Waals surface area contributed by atoms with Gasteiger partial charge in [0.05, 0.1) is 12.3 Å². The minimum atomic E-state index is -0.351. The first-order valence-electron chi connectivity index (χ1n) is 8.45. The fraction of sp³-hybridized carbons (Fsp3) is 0.150. The molecule has 0 atom stereocenters. The molecular formula is C20H20N4O3. The van der Waals surface area contributed by atoms with Crippen LogP contribution in [0.2, 0.25) is 0 Å². The Morgan fingerprint density at radius 2 is 1.81 bits per heavy atom. The third-order valence-corrected chi connectivity index (χ3v) is 3.58. The molecule has 0 spiro atoms. The molecule has 2 aromatic carbocycles. The zero-order valence-corrected chi connectivity index (χ0v) is 14.9. The standard InChI is InChI=1S/C20H20N4O3/c1-26-14-13-22-20-21-12-11-17(24-20)19(25)23-16-9-5-6-10-18(16)27-15-7-3-2-4-8-15/h2-12H,13-14H2,1H3,(H,23,25)(H,21,22,24). The molecule has 7 heteroatoms. The highest BCUT2D eigenvalue weighted by atomic mass is 16.5. The zero-order valence-electron chi connectivity index (χ0n) is 14.9. The molecule has 1 heterocycles. The van der Waals surface area contributed by atoms with Crippen molar-refractivity contribution in [3.8, 4) is 11.5 Å². The van der Waals surface area contributed by atoms with Gasteiger partial charge >= 0.3 is 0 Å². The van der Waals surface area contributed by atoms with Gasteiger partial charge in [-0.05, 0) is 30.3 Å². The number of rotatable bonds is 8. The molecule has 0 radical (unpaired) electrons. The summed E-state index contributed by atoms with van der Waals surface area (Å²) in [7, 11) is 1.61. The van der Waals surface area contributed by atoms with Crippen molar-refractivity contribution < 1.29 is 14.3 Å². The Labute approximate surface area is 157 Å². The number of hydrogen-bond acceptors (Lipinski definition) is 6. The number of nitrogens with zero attached hydrogens (tertiary/aromatic N) is 2. The fourth-order valence-corrected chi connectivity index (χ4v) is 2.30. The Morgan fingerprint density at radius 1 is 1.04 bits per heavy atom. The van der Waals surface area contributed by atoms with Gasteiger partial charge in [-0.15, -0.1) is 0 Å².